The second-order valence-electron chi connectivity index (χ2n) is 4.37. The smallest absolute Gasteiger partial charge is 0.410 e. The van der Waals surface area contributed by atoms with E-state index in [0.29, 0.717) is 19.1 Å². The summed E-state index contributed by atoms with van der Waals surface area (Å²) in [6.07, 6.45) is -0.207. The first-order chi connectivity index (χ1) is 8.29. The van der Waals surface area contributed by atoms with Gasteiger partial charge in [0.05, 0.1) is 6.61 Å². The van der Waals surface area contributed by atoms with E-state index < -0.39 is 0 Å². The fourth-order valence-corrected chi connectivity index (χ4v) is 2.06. The molecule has 1 amide bonds. The Labute approximate surface area is 102 Å². The number of cyclic esters (lactones) is 1. The third-order valence-electron chi connectivity index (χ3n) is 2.89. The SMILES string of the molecule is CNCC1COC(=O)N(Cc2ccccc2)C1. The number of nitrogens with one attached hydrogen (secondary N) is 1. The maximum atomic E-state index is 11.6. The number of rotatable bonds is 4. The molecule has 1 heterocycles. The molecule has 0 bridgehead atoms. The van der Waals surface area contributed by atoms with Crippen LogP contribution in [-0.4, -0.2) is 37.7 Å². The summed E-state index contributed by atoms with van der Waals surface area (Å²) in [5.74, 6) is 0.376. The number of carbonyl (C=O) groups is 1. The molecule has 92 valence electrons. The van der Waals surface area contributed by atoms with Crippen molar-refractivity contribution in [2.45, 2.75) is 6.54 Å². The van der Waals surface area contributed by atoms with Crippen LogP contribution in [0.3, 0.4) is 0 Å². The number of amides is 1. The van der Waals surface area contributed by atoms with Crippen molar-refractivity contribution in [2.75, 3.05) is 26.7 Å². The van der Waals surface area contributed by atoms with Crippen molar-refractivity contribution < 1.29 is 9.53 Å². The average molecular weight is 234 g/mol. The molecule has 0 saturated carbocycles. The highest BCUT2D eigenvalue weighted by atomic mass is 16.6. The molecule has 0 spiro atoms. The van der Waals surface area contributed by atoms with Crippen LogP contribution in [-0.2, 0) is 11.3 Å². The lowest BCUT2D eigenvalue weighted by molar-refractivity contribution is 0.0407. The lowest BCUT2D eigenvalue weighted by Crippen LogP contribution is -2.45. The molecule has 1 N–H and O–H groups in total. The normalized spacial score (nSPS) is 20.2. The molecular formula is C13H18N2O2. The van der Waals surface area contributed by atoms with Crippen LogP contribution in [0, 0.1) is 5.92 Å². The lowest BCUT2D eigenvalue weighted by Gasteiger charge is -2.32. The van der Waals surface area contributed by atoms with Crippen molar-refractivity contribution in [3.63, 3.8) is 0 Å². The van der Waals surface area contributed by atoms with Gasteiger partial charge in [0, 0.05) is 25.6 Å². The predicted octanol–water partition coefficient (Wildman–Crippen LogP) is 1.47. The predicted molar refractivity (Wildman–Crippen MR) is 65.6 cm³/mol. The largest absolute Gasteiger partial charge is 0.449 e. The van der Waals surface area contributed by atoms with Crippen molar-refractivity contribution in [3.05, 3.63) is 35.9 Å². The summed E-state index contributed by atoms with van der Waals surface area (Å²) in [5.41, 5.74) is 1.13. The van der Waals surface area contributed by atoms with Gasteiger partial charge in [-0.3, -0.25) is 0 Å². The van der Waals surface area contributed by atoms with Crippen molar-refractivity contribution in [1.82, 2.24) is 10.2 Å². The Bertz CT molecular complexity index is 367. The Kier molecular flexibility index (Phi) is 3.98. The highest BCUT2D eigenvalue weighted by Crippen LogP contribution is 2.14. The lowest BCUT2D eigenvalue weighted by atomic mass is 10.1. The molecule has 1 saturated heterocycles. The molecule has 1 unspecified atom stereocenters. The van der Waals surface area contributed by atoms with E-state index in [-0.39, 0.29) is 6.09 Å². The Balaban J connectivity index is 1.96. The van der Waals surface area contributed by atoms with E-state index in [4.69, 9.17) is 4.74 Å². The quantitative estimate of drug-likeness (QED) is 0.858. The van der Waals surface area contributed by atoms with Crippen LogP contribution in [0.25, 0.3) is 0 Å². The van der Waals surface area contributed by atoms with Gasteiger partial charge >= 0.3 is 6.09 Å². The minimum absolute atomic E-state index is 0.207. The Morgan fingerprint density at radius 3 is 2.88 bits per heavy atom. The van der Waals surface area contributed by atoms with Crippen LogP contribution in [0.4, 0.5) is 4.79 Å². The molecule has 1 aromatic rings. The molecule has 0 aliphatic carbocycles. The zero-order chi connectivity index (χ0) is 12.1. The van der Waals surface area contributed by atoms with Crippen LogP contribution in [0.1, 0.15) is 5.56 Å². The van der Waals surface area contributed by atoms with Crippen LogP contribution >= 0.6 is 0 Å². The van der Waals surface area contributed by atoms with E-state index in [0.717, 1.165) is 18.7 Å². The molecule has 4 heteroatoms. The van der Waals surface area contributed by atoms with Crippen molar-refractivity contribution >= 4 is 6.09 Å². The molecule has 0 aromatic heterocycles. The van der Waals surface area contributed by atoms with Gasteiger partial charge < -0.3 is 15.0 Å². The molecule has 1 aliphatic heterocycles. The standard InChI is InChI=1S/C13H18N2O2/c1-14-7-12-9-15(13(16)17-10-12)8-11-5-3-2-4-6-11/h2-6,12,14H,7-10H2,1H3. The fourth-order valence-electron chi connectivity index (χ4n) is 2.06. The van der Waals surface area contributed by atoms with Crippen LogP contribution < -0.4 is 5.32 Å². The number of hydrogen-bond donors (Lipinski definition) is 1. The second-order valence-corrected chi connectivity index (χ2v) is 4.37. The first kappa shape index (κ1) is 11.9. The van der Waals surface area contributed by atoms with Gasteiger partial charge in [-0.2, -0.15) is 0 Å². The van der Waals surface area contributed by atoms with Gasteiger partial charge in [0.1, 0.15) is 0 Å². The first-order valence-electron chi connectivity index (χ1n) is 5.90. The molecular weight excluding hydrogens is 216 g/mol. The number of carbonyl (C=O) groups excluding carboxylic acids is 1. The zero-order valence-electron chi connectivity index (χ0n) is 10.1. The summed E-state index contributed by atoms with van der Waals surface area (Å²) in [4.78, 5) is 13.4. The second kappa shape index (κ2) is 5.68. The van der Waals surface area contributed by atoms with E-state index in [1.54, 1.807) is 4.90 Å². The highest BCUT2D eigenvalue weighted by molar-refractivity contribution is 5.68. The maximum absolute atomic E-state index is 11.6. The van der Waals surface area contributed by atoms with Gasteiger partial charge in [0.15, 0.2) is 0 Å². The number of nitrogens with zero attached hydrogens (tertiary/aromatic N) is 1. The molecule has 0 radical (unpaired) electrons. The van der Waals surface area contributed by atoms with Gasteiger partial charge in [-0.25, -0.2) is 4.79 Å². The topological polar surface area (TPSA) is 41.6 Å². The van der Waals surface area contributed by atoms with Crippen molar-refractivity contribution in [3.8, 4) is 0 Å². The molecule has 1 fully saturated rings. The zero-order valence-corrected chi connectivity index (χ0v) is 10.1. The van der Waals surface area contributed by atoms with Crippen LogP contribution in [0.15, 0.2) is 30.3 Å². The van der Waals surface area contributed by atoms with Gasteiger partial charge in [0.2, 0.25) is 0 Å². The number of benzene rings is 1. The Morgan fingerprint density at radius 1 is 1.41 bits per heavy atom. The molecule has 4 nitrogen and oxygen atoms in total. The fraction of sp³-hybridized carbons (Fsp3) is 0.462. The van der Waals surface area contributed by atoms with E-state index in [1.165, 1.54) is 0 Å². The summed E-state index contributed by atoms with van der Waals surface area (Å²) in [5, 5.41) is 3.12. The summed E-state index contributed by atoms with van der Waals surface area (Å²) in [6, 6.07) is 9.98. The molecule has 1 aromatic carbocycles. The van der Waals surface area contributed by atoms with Gasteiger partial charge in [-0.15, -0.1) is 0 Å². The molecule has 1 atom stereocenters. The summed E-state index contributed by atoms with van der Waals surface area (Å²) >= 11 is 0. The number of hydrogen-bond acceptors (Lipinski definition) is 3. The highest BCUT2D eigenvalue weighted by Gasteiger charge is 2.26. The van der Waals surface area contributed by atoms with Crippen LogP contribution in [0.2, 0.25) is 0 Å². The maximum Gasteiger partial charge on any atom is 0.410 e. The average Bonchev–Trinajstić information content (AvgIpc) is 2.35. The van der Waals surface area contributed by atoms with E-state index in [2.05, 4.69) is 5.32 Å². The van der Waals surface area contributed by atoms with Gasteiger partial charge in [-0.05, 0) is 12.6 Å². The summed E-state index contributed by atoms with van der Waals surface area (Å²) in [6.45, 7) is 2.78. The van der Waals surface area contributed by atoms with Crippen LogP contribution in [0.5, 0.6) is 0 Å². The Hall–Kier alpha value is -1.55. The van der Waals surface area contributed by atoms with E-state index >= 15 is 0 Å². The summed E-state index contributed by atoms with van der Waals surface area (Å²) in [7, 11) is 1.91. The molecule has 2 rings (SSSR count). The first-order valence-corrected chi connectivity index (χ1v) is 5.90. The molecule has 1 aliphatic rings. The van der Waals surface area contributed by atoms with Crippen molar-refractivity contribution in [1.29, 1.82) is 0 Å². The monoisotopic (exact) mass is 234 g/mol. The van der Waals surface area contributed by atoms with Gasteiger partial charge in [0.25, 0.3) is 0 Å². The van der Waals surface area contributed by atoms with E-state index in [9.17, 15) is 4.79 Å². The molecule has 17 heavy (non-hydrogen) atoms. The van der Waals surface area contributed by atoms with E-state index in [1.807, 2.05) is 37.4 Å². The summed E-state index contributed by atoms with van der Waals surface area (Å²) < 4.78 is 5.17. The minimum atomic E-state index is -0.207. The minimum Gasteiger partial charge on any atom is -0.449 e. The third kappa shape index (κ3) is 3.20. The van der Waals surface area contributed by atoms with Gasteiger partial charge in [-0.1, -0.05) is 30.3 Å². The number of ether oxygens (including phenoxy) is 1. The van der Waals surface area contributed by atoms with Crippen molar-refractivity contribution in [2.24, 2.45) is 5.92 Å². The Morgan fingerprint density at radius 2 is 2.18 bits per heavy atom. The third-order valence-corrected chi connectivity index (χ3v) is 2.89.